The Morgan fingerprint density at radius 2 is 0.511 bits per heavy atom. The van der Waals surface area contributed by atoms with Crippen LogP contribution in [-0.4, -0.2) is 96.7 Å². The fourth-order valence-corrected chi connectivity index (χ4v) is 12.9. The molecule has 558 valence electrons. The number of ether oxygens (including phenoxy) is 4. The van der Waals surface area contributed by atoms with Crippen LogP contribution in [0.3, 0.4) is 0 Å². The molecule has 0 rings (SSSR count). The monoisotopic (exact) mass is 1380 g/mol. The fourth-order valence-electron chi connectivity index (χ4n) is 11.3. The van der Waals surface area contributed by atoms with Gasteiger partial charge in [-0.2, -0.15) is 0 Å². The van der Waals surface area contributed by atoms with E-state index in [0.29, 0.717) is 37.5 Å². The van der Waals surface area contributed by atoms with Gasteiger partial charge in [-0.15, -0.1) is 0 Å². The molecule has 3 N–H and O–H groups in total. The summed E-state index contributed by atoms with van der Waals surface area (Å²) in [5, 5.41) is 10.6. The molecule has 0 bridgehead atoms. The van der Waals surface area contributed by atoms with Gasteiger partial charge in [0.25, 0.3) is 0 Å². The smallest absolute Gasteiger partial charge is 0.462 e. The van der Waals surface area contributed by atoms with E-state index in [1.54, 1.807) is 0 Å². The zero-order valence-electron chi connectivity index (χ0n) is 61.6. The first kappa shape index (κ1) is 92.1. The van der Waals surface area contributed by atoms with E-state index in [4.69, 9.17) is 37.0 Å². The lowest BCUT2D eigenvalue weighted by molar-refractivity contribution is -0.161. The number of carbonyl (C=O) groups excluding carboxylic acids is 4. The molecule has 19 heteroatoms. The highest BCUT2D eigenvalue weighted by molar-refractivity contribution is 7.47. The predicted molar refractivity (Wildman–Crippen MR) is 381 cm³/mol. The average molecular weight is 1380 g/mol. The highest BCUT2D eigenvalue weighted by Crippen LogP contribution is 2.45. The topological polar surface area (TPSA) is 237 Å². The summed E-state index contributed by atoms with van der Waals surface area (Å²) in [4.78, 5) is 72.6. The first-order valence-electron chi connectivity index (χ1n) is 38.7. The molecule has 3 unspecified atom stereocenters. The third-order valence-corrected chi connectivity index (χ3v) is 19.6. The van der Waals surface area contributed by atoms with Crippen molar-refractivity contribution >= 4 is 39.5 Å². The number of phosphoric ester groups is 2. The number of carbonyl (C=O) groups is 4. The van der Waals surface area contributed by atoms with Gasteiger partial charge in [-0.3, -0.25) is 37.3 Å². The van der Waals surface area contributed by atoms with Crippen LogP contribution < -0.4 is 0 Å². The largest absolute Gasteiger partial charge is 0.472 e. The molecular formula is C75H146O17P2. The minimum Gasteiger partial charge on any atom is -0.462 e. The van der Waals surface area contributed by atoms with Crippen LogP contribution in [0, 0.1) is 23.7 Å². The second kappa shape index (κ2) is 64.4. The Morgan fingerprint density at radius 3 is 0.755 bits per heavy atom. The standard InChI is InChI=1S/C75H146O17P2/c1-9-68(8)54-46-38-28-24-20-16-14-12-10-11-13-15-17-21-26-30-41-49-57-74(79)91-70(62-86-73(78)56-48-40-33-31-36-44-52-66(4)5)63-89-93(81,82)87-59-69(76)60-88-94(83,84)90-64-71(92-75(80)58-50-42-34-32-37-45-53-67(6)7)61-85-72(77)55-47-39-29-25-22-18-19-23-27-35-43-51-65(2)3/h65-71,76H,9-64H2,1-8H3,(H,81,82)(H,83,84)/t68?,69-,70+,71+/m0/s1. The first-order chi connectivity index (χ1) is 45.1. The summed E-state index contributed by atoms with van der Waals surface area (Å²) >= 11 is 0. The van der Waals surface area contributed by atoms with Gasteiger partial charge in [0.05, 0.1) is 26.4 Å². The van der Waals surface area contributed by atoms with Crippen LogP contribution in [0.4, 0.5) is 0 Å². The van der Waals surface area contributed by atoms with Crippen molar-refractivity contribution in [3.05, 3.63) is 0 Å². The van der Waals surface area contributed by atoms with E-state index in [1.165, 1.54) is 173 Å². The molecule has 17 nitrogen and oxygen atoms in total. The molecule has 0 saturated carbocycles. The summed E-state index contributed by atoms with van der Waals surface area (Å²) in [5.74, 6) is 0.861. The second-order valence-electron chi connectivity index (χ2n) is 28.7. The molecule has 0 aliphatic carbocycles. The lowest BCUT2D eigenvalue weighted by Gasteiger charge is -2.21. The summed E-state index contributed by atoms with van der Waals surface area (Å²) < 4.78 is 68.3. The predicted octanol–water partition coefficient (Wildman–Crippen LogP) is 21.7. The van der Waals surface area contributed by atoms with Crippen LogP contribution in [0.25, 0.3) is 0 Å². The van der Waals surface area contributed by atoms with E-state index in [2.05, 4.69) is 55.4 Å². The third kappa shape index (κ3) is 67.3. The van der Waals surface area contributed by atoms with Gasteiger partial charge in [0.2, 0.25) is 0 Å². The van der Waals surface area contributed by atoms with Crippen molar-refractivity contribution in [3.8, 4) is 0 Å². The van der Waals surface area contributed by atoms with Gasteiger partial charge < -0.3 is 33.8 Å². The molecular weight excluding hydrogens is 1230 g/mol. The Morgan fingerprint density at radius 1 is 0.298 bits per heavy atom. The van der Waals surface area contributed by atoms with Crippen LogP contribution in [0.15, 0.2) is 0 Å². The van der Waals surface area contributed by atoms with Gasteiger partial charge in [-0.25, -0.2) is 9.13 Å². The lowest BCUT2D eigenvalue weighted by Crippen LogP contribution is -2.30. The summed E-state index contributed by atoms with van der Waals surface area (Å²) in [6, 6.07) is 0. The van der Waals surface area contributed by atoms with Crippen LogP contribution >= 0.6 is 15.6 Å². The molecule has 0 aromatic rings. The molecule has 0 saturated heterocycles. The SMILES string of the molecule is CCC(C)CCCCCCCCCCCCCCCCCCCCC(=O)O[C@H](COC(=O)CCCCCCCCC(C)C)COP(=O)(O)OC[C@H](O)COP(=O)(O)OC[C@@H](COC(=O)CCCCCCCCCCCCCC(C)C)OC(=O)CCCCCCCCC(C)C. The zero-order chi connectivity index (χ0) is 69.6. The molecule has 0 fully saturated rings. The van der Waals surface area contributed by atoms with Crippen molar-refractivity contribution in [1.82, 2.24) is 0 Å². The number of hydrogen-bond acceptors (Lipinski definition) is 15. The number of aliphatic hydroxyl groups is 1. The van der Waals surface area contributed by atoms with Gasteiger partial charge in [0.15, 0.2) is 12.2 Å². The molecule has 0 radical (unpaired) electrons. The maximum atomic E-state index is 13.0. The maximum absolute atomic E-state index is 13.0. The van der Waals surface area contributed by atoms with Crippen LogP contribution in [0.5, 0.6) is 0 Å². The van der Waals surface area contributed by atoms with Gasteiger partial charge >= 0.3 is 39.5 Å². The Labute approximate surface area is 575 Å². The van der Waals surface area contributed by atoms with Crippen LogP contribution in [-0.2, 0) is 65.4 Å². The highest BCUT2D eigenvalue weighted by atomic mass is 31.2. The molecule has 0 aromatic carbocycles. The fraction of sp³-hybridized carbons (Fsp3) is 0.947. The van der Waals surface area contributed by atoms with Crippen LogP contribution in [0.2, 0.25) is 0 Å². The molecule has 0 aromatic heterocycles. The molecule has 6 atom stereocenters. The molecule has 0 heterocycles. The number of phosphoric acid groups is 2. The number of unbranched alkanes of at least 4 members (excludes halogenated alkanes) is 37. The summed E-state index contributed by atoms with van der Waals surface area (Å²) in [6.07, 6.45) is 49.0. The second-order valence-corrected chi connectivity index (χ2v) is 31.6. The summed E-state index contributed by atoms with van der Waals surface area (Å²) in [6.45, 7) is 14.1. The summed E-state index contributed by atoms with van der Waals surface area (Å²) in [7, 11) is -9.91. The van der Waals surface area contributed by atoms with Crippen molar-refractivity contribution in [2.75, 3.05) is 39.6 Å². The van der Waals surface area contributed by atoms with Crippen molar-refractivity contribution in [3.63, 3.8) is 0 Å². The quantitative estimate of drug-likeness (QED) is 0.0222. The van der Waals surface area contributed by atoms with Gasteiger partial charge in [-0.05, 0) is 49.4 Å². The van der Waals surface area contributed by atoms with Gasteiger partial charge in [0, 0.05) is 25.7 Å². The average Bonchev–Trinajstić information content (AvgIpc) is 1.42. The molecule has 0 aliphatic rings. The molecule has 0 spiro atoms. The third-order valence-electron chi connectivity index (χ3n) is 17.7. The van der Waals surface area contributed by atoms with Crippen LogP contribution in [0.1, 0.15) is 376 Å². The normalized spacial score (nSPS) is 14.4. The minimum absolute atomic E-state index is 0.102. The lowest BCUT2D eigenvalue weighted by atomic mass is 9.99. The van der Waals surface area contributed by atoms with E-state index in [1.807, 2.05) is 0 Å². The first-order valence-corrected chi connectivity index (χ1v) is 41.7. The van der Waals surface area contributed by atoms with E-state index in [0.717, 1.165) is 108 Å². The summed E-state index contributed by atoms with van der Waals surface area (Å²) in [5.41, 5.74) is 0. The number of esters is 4. The van der Waals surface area contributed by atoms with E-state index >= 15 is 0 Å². The van der Waals surface area contributed by atoms with E-state index in [9.17, 15) is 43.2 Å². The number of rotatable bonds is 72. The van der Waals surface area contributed by atoms with E-state index < -0.39 is 97.5 Å². The Hall–Kier alpha value is -1.94. The van der Waals surface area contributed by atoms with Gasteiger partial charge in [-0.1, -0.05) is 325 Å². The molecule has 94 heavy (non-hydrogen) atoms. The van der Waals surface area contributed by atoms with E-state index in [-0.39, 0.29) is 25.7 Å². The van der Waals surface area contributed by atoms with Crippen molar-refractivity contribution in [2.24, 2.45) is 23.7 Å². The van der Waals surface area contributed by atoms with Gasteiger partial charge in [0.1, 0.15) is 19.3 Å². The molecule has 0 aliphatic heterocycles. The van der Waals surface area contributed by atoms with Crippen molar-refractivity contribution < 1.29 is 80.2 Å². The highest BCUT2D eigenvalue weighted by Gasteiger charge is 2.30. The molecule has 0 amide bonds. The Kier molecular flexibility index (Phi) is 63.1. The Balaban J connectivity index is 5.12. The number of aliphatic hydroxyl groups excluding tert-OH is 1. The maximum Gasteiger partial charge on any atom is 0.472 e. The zero-order valence-corrected chi connectivity index (χ0v) is 63.4. The van der Waals surface area contributed by atoms with Crippen molar-refractivity contribution in [1.29, 1.82) is 0 Å². The Bertz CT molecular complexity index is 1850. The van der Waals surface area contributed by atoms with Crippen molar-refractivity contribution in [2.45, 2.75) is 395 Å². The number of hydrogen-bond donors (Lipinski definition) is 3. The minimum atomic E-state index is -4.95.